The number of sulfonamides is 1. The lowest BCUT2D eigenvalue weighted by atomic mass is 10.6. The van der Waals surface area contributed by atoms with Gasteiger partial charge in [0.2, 0.25) is 0 Å². The third-order valence-electron chi connectivity index (χ3n) is 1.80. The number of nitrogens with zero attached hydrogens (tertiary/aromatic N) is 1. The Morgan fingerprint density at radius 3 is 2.72 bits per heavy atom. The second-order valence-corrected chi connectivity index (χ2v) is 6.28. The molecule has 1 heterocycles. The van der Waals surface area contributed by atoms with Crippen molar-refractivity contribution in [2.24, 2.45) is 0 Å². The first-order chi connectivity index (χ1) is 8.33. The van der Waals surface area contributed by atoms with Crippen molar-refractivity contribution in [1.82, 2.24) is 9.71 Å². The van der Waals surface area contributed by atoms with Gasteiger partial charge in [0.25, 0.3) is 16.4 Å². The van der Waals surface area contributed by atoms with Gasteiger partial charge in [-0.15, -0.1) is 0 Å². The van der Waals surface area contributed by atoms with Gasteiger partial charge in [0.05, 0.1) is 12.3 Å². The van der Waals surface area contributed by atoms with E-state index in [-0.39, 0.29) is 22.5 Å². The molecule has 6 nitrogen and oxygen atoms in total. The maximum atomic E-state index is 11.8. The summed E-state index contributed by atoms with van der Waals surface area (Å²) < 4.78 is 53.8. The molecule has 0 aliphatic rings. The number of ether oxygens (including phenoxy) is 1. The summed E-state index contributed by atoms with van der Waals surface area (Å²) in [5.74, 6) is 0. The third kappa shape index (κ3) is 4.44. The van der Waals surface area contributed by atoms with Gasteiger partial charge < -0.3 is 10.5 Å². The van der Waals surface area contributed by atoms with Crippen LogP contribution in [0.3, 0.4) is 0 Å². The summed E-state index contributed by atoms with van der Waals surface area (Å²) in [7, 11) is -3.71. The molecule has 104 valence electrons. The Morgan fingerprint density at radius 1 is 1.56 bits per heavy atom. The maximum absolute atomic E-state index is 11.8. The van der Waals surface area contributed by atoms with Crippen LogP contribution in [0.15, 0.2) is 4.21 Å². The molecule has 0 amide bonds. The van der Waals surface area contributed by atoms with Crippen LogP contribution in [-0.2, 0) is 14.8 Å². The van der Waals surface area contributed by atoms with Crippen LogP contribution < -0.4 is 10.5 Å². The van der Waals surface area contributed by atoms with Crippen LogP contribution in [-0.4, -0.2) is 39.6 Å². The SMILES string of the molecule is Cc1nc(N)sc1S(=O)(=O)NCCOCC(F)F. The smallest absolute Gasteiger partial charge is 0.261 e. The molecule has 0 aromatic carbocycles. The summed E-state index contributed by atoms with van der Waals surface area (Å²) in [6, 6.07) is 0. The molecule has 3 N–H and O–H groups in total. The Hall–Kier alpha value is -0.840. The van der Waals surface area contributed by atoms with Crippen LogP contribution in [0.4, 0.5) is 13.9 Å². The van der Waals surface area contributed by atoms with Crippen LogP contribution in [0.25, 0.3) is 0 Å². The highest BCUT2D eigenvalue weighted by molar-refractivity contribution is 7.91. The molecule has 0 atom stereocenters. The van der Waals surface area contributed by atoms with Crippen LogP contribution in [0.2, 0.25) is 0 Å². The van der Waals surface area contributed by atoms with Crippen LogP contribution in [0.5, 0.6) is 0 Å². The average Bonchev–Trinajstić information content (AvgIpc) is 2.57. The highest BCUT2D eigenvalue weighted by atomic mass is 32.2. The predicted octanol–water partition coefficient (Wildman–Crippen LogP) is 0.594. The number of thiazole rings is 1. The lowest BCUT2D eigenvalue weighted by molar-refractivity contribution is 0.0199. The fraction of sp³-hybridized carbons (Fsp3) is 0.625. The zero-order chi connectivity index (χ0) is 13.8. The molecule has 0 saturated heterocycles. The Morgan fingerprint density at radius 2 is 2.22 bits per heavy atom. The van der Waals surface area contributed by atoms with E-state index in [2.05, 4.69) is 14.4 Å². The number of nitrogens with one attached hydrogen (secondary N) is 1. The zero-order valence-electron chi connectivity index (χ0n) is 9.52. The van der Waals surface area contributed by atoms with E-state index in [0.29, 0.717) is 5.69 Å². The monoisotopic (exact) mass is 301 g/mol. The van der Waals surface area contributed by atoms with E-state index in [4.69, 9.17) is 5.73 Å². The minimum Gasteiger partial charge on any atom is -0.375 e. The fourth-order valence-corrected chi connectivity index (χ4v) is 3.49. The summed E-state index contributed by atoms with van der Waals surface area (Å²) in [4.78, 5) is 3.79. The molecule has 0 fully saturated rings. The minimum atomic E-state index is -3.71. The maximum Gasteiger partial charge on any atom is 0.261 e. The quantitative estimate of drug-likeness (QED) is 0.719. The highest BCUT2D eigenvalue weighted by Crippen LogP contribution is 2.24. The highest BCUT2D eigenvalue weighted by Gasteiger charge is 2.20. The Labute approximate surface area is 107 Å². The number of anilines is 1. The Balaban J connectivity index is 2.48. The molecular formula is C8H13F2N3O3S2. The fourth-order valence-electron chi connectivity index (χ4n) is 1.14. The summed E-state index contributed by atoms with van der Waals surface area (Å²) in [5.41, 5.74) is 5.70. The van der Waals surface area contributed by atoms with Crippen molar-refractivity contribution in [3.8, 4) is 0 Å². The molecule has 1 aromatic rings. The molecule has 0 radical (unpaired) electrons. The van der Waals surface area contributed by atoms with E-state index in [1.54, 1.807) is 0 Å². The second kappa shape index (κ2) is 6.36. The number of aromatic nitrogens is 1. The van der Waals surface area contributed by atoms with Gasteiger partial charge in [-0.25, -0.2) is 26.9 Å². The first kappa shape index (κ1) is 15.2. The average molecular weight is 301 g/mol. The molecule has 0 aliphatic carbocycles. The second-order valence-electron chi connectivity index (χ2n) is 3.29. The summed E-state index contributed by atoms with van der Waals surface area (Å²) >= 11 is 0.845. The van der Waals surface area contributed by atoms with Gasteiger partial charge in [-0.05, 0) is 6.92 Å². The van der Waals surface area contributed by atoms with Gasteiger partial charge in [-0.1, -0.05) is 11.3 Å². The molecule has 10 heteroatoms. The zero-order valence-corrected chi connectivity index (χ0v) is 11.2. The minimum absolute atomic E-state index is 0.0221. The molecule has 0 saturated carbocycles. The largest absolute Gasteiger partial charge is 0.375 e. The lowest BCUT2D eigenvalue weighted by Crippen LogP contribution is -2.27. The van der Waals surface area contributed by atoms with Crippen molar-refractivity contribution in [3.63, 3.8) is 0 Å². The molecule has 1 rings (SSSR count). The van der Waals surface area contributed by atoms with Crippen LogP contribution in [0, 0.1) is 6.92 Å². The van der Waals surface area contributed by atoms with Gasteiger partial charge in [0.15, 0.2) is 9.34 Å². The van der Waals surface area contributed by atoms with E-state index in [1.807, 2.05) is 0 Å². The van der Waals surface area contributed by atoms with Crippen molar-refractivity contribution in [2.45, 2.75) is 17.6 Å². The molecule has 18 heavy (non-hydrogen) atoms. The third-order valence-corrected chi connectivity index (χ3v) is 4.85. The van der Waals surface area contributed by atoms with Gasteiger partial charge in [-0.2, -0.15) is 0 Å². The van der Waals surface area contributed by atoms with Crippen molar-refractivity contribution in [2.75, 3.05) is 25.5 Å². The van der Waals surface area contributed by atoms with Gasteiger partial charge in [0, 0.05) is 6.54 Å². The van der Waals surface area contributed by atoms with E-state index in [1.165, 1.54) is 6.92 Å². The number of halogens is 2. The normalized spacial score (nSPS) is 12.2. The van der Waals surface area contributed by atoms with E-state index in [9.17, 15) is 17.2 Å². The van der Waals surface area contributed by atoms with Gasteiger partial charge in [-0.3, -0.25) is 0 Å². The number of aryl methyl sites for hydroxylation is 1. The van der Waals surface area contributed by atoms with Crippen molar-refractivity contribution in [1.29, 1.82) is 0 Å². The molecular weight excluding hydrogens is 288 g/mol. The number of nitrogens with two attached hydrogens (primary N) is 1. The molecule has 0 bridgehead atoms. The Bertz CT molecular complexity index is 490. The topological polar surface area (TPSA) is 94.3 Å². The first-order valence-electron chi connectivity index (χ1n) is 4.91. The van der Waals surface area contributed by atoms with Crippen LogP contribution >= 0.6 is 11.3 Å². The molecule has 0 aliphatic heterocycles. The summed E-state index contributed by atoms with van der Waals surface area (Å²) in [6.07, 6.45) is -2.56. The van der Waals surface area contributed by atoms with Gasteiger partial charge in [0.1, 0.15) is 6.61 Å². The first-order valence-corrected chi connectivity index (χ1v) is 7.21. The lowest BCUT2D eigenvalue weighted by Gasteiger charge is -2.06. The van der Waals surface area contributed by atoms with Gasteiger partial charge >= 0.3 is 0 Å². The molecule has 0 unspecified atom stereocenters. The van der Waals surface area contributed by atoms with Crippen molar-refractivity contribution < 1.29 is 21.9 Å². The number of rotatable bonds is 7. The Kier molecular flexibility index (Phi) is 5.38. The summed E-state index contributed by atoms with van der Waals surface area (Å²) in [5, 5.41) is 0.154. The predicted molar refractivity (Wildman–Crippen MR) is 63.3 cm³/mol. The number of nitrogen functional groups attached to an aromatic ring is 1. The van der Waals surface area contributed by atoms with Crippen LogP contribution in [0.1, 0.15) is 5.69 Å². The van der Waals surface area contributed by atoms with E-state index in [0.717, 1.165) is 11.3 Å². The number of hydrogen-bond acceptors (Lipinski definition) is 6. The summed E-state index contributed by atoms with van der Waals surface area (Å²) in [6.45, 7) is 0.589. The van der Waals surface area contributed by atoms with E-state index < -0.39 is 23.1 Å². The number of hydrogen-bond donors (Lipinski definition) is 2. The number of alkyl halides is 2. The van der Waals surface area contributed by atoms with Crippen molar-refractivity contribution in [3.05, 3.63) is 5.69 Å². The molecule has 1 aromatic heterocycles. The van der Waals surface area contributed by atoms with Crippen molar-refractivity contribution >= 4 is 26.5 Å². The standard InChI is InChI=1S/C8H13F2N3O3S2/c1-5-7(17-8(11)13-5)18(14,15)12-2-3-16-4-6(9)10/h6,12H,2-4H2,1H3,(H2,11,13). The molecule has 0 spiro atoms. The van der Waals surface area contributed by atoms with E-state index >= 15 is 0 Å².